The first-order valence-corrected chi connectivity index (χ1v) is 7.47. The highest BCUT2D eigenvalue weighted by molar-refractivity contribution is 5.43. The summed E-state index contributed by atoms with van der Waals surface area (Å²) >= 11 is 0. The summed E-state index contributed by atoms with van der Waals surface area (Å²) < 4.78 is 5.90. The van der Waals surface area contributed by atoms with Crippen LogP contribution < -0.4 is 10.1 Å². The Labute approximate surface area is 125 Å². The molecule has 21 heavy (non-hydrogen) atoms. The molecule has 3 rings (SSSR count). The van der Waals surface area contributed by atoms with Gasteiger partial charge in [0.2, 0.25) is 0 Å². The van der Waals surface area contributed by atoms with Gasteiger partial charge in [0, 0.05) is 18.2 Å². The van der Waals surface area contributed by atoms with Gasteiger partial charge in [-0.2, -0.15) is 0 Å². The van der Waals surface area contributed by atoms with E-state index in [1.165, 1.54) is 16.7 Å². The Morgan fingerprint density at radius 1 is 1.19 bits per heavy atom. The molecule has 3 nitrogen and oxygen atoms in total. The number of phenolic OH excluding ortho intramolecular Hbond substituents is 1. The summed E-state index contributed by atoms with van der Waals surface area (Å²) in [5, 5.41) is 13.0. The summed E-state index contributed by atoms with van der Waals surface area (Å²) in [7, 11) is 0. The zero-order chi connectivity index (χ0) is 14.7. The largest absolute Gasteiger partial charge is 0.508 e. The van der Waals surface area contributed by atoms with E-state index < -0.39 is 0 Å². The lowest BCUT2D eigenvalue weighted by Gasteiger charge is -2.19. The van der Waals surface area contributed by atoms with E-state index in [2.05, 4.69) is 30.4 Å². The van der Waals surface area contributed by atoms with Gasteiger partial charge in [-0.1, -0.05) is 30.3 Å². The second kappa shape index (κ2) is 6.19. The first-order valence-electron chi connectivity index (χ1n) is 7.47. The molecule has 0 radical (unpaired) electrons. The Balaban J connectivity index is 1.76. The number of benzene rings is 2. The van der Waals surface area contributed by atoms with Crippen LogP contribution in [0.5, 0.6) is 11.5 Å². The molecular weight excluding hydrogens is 262 g/mol. The van der Waals surface area contributed by atoms with Gasteiger partial charge in [-0.05, 0) is 43.0 Å². The summed E-state index contributed by atoms with van der Waals surface area (Å²) in [5.41, 5.74) is 3.63. The molecule has 1 aliphatic rings. The summed E-state index contributed by atoms with van der Waals surface area (Å²) in [6.07, 6.45) is 2.13. The lowest BCUT2D eigenvalue weighted by molar-refractivity contribution is 0.313. The maximum absolute atomic E-state index is 9.33. The van der Waals surface area contributed by atoms with Crippen molar-refractivity contribution >= 4 is 0 Å². The highest BCUT2D eigenvalue weighted by Gasteiger charge is 2.20. The molecule has 110 valence electrons. The summed E-state index contributed by atoms with van der Waals surface area (Å²) in [4.78, 5) is 0. The van der Waals surface area contributed by atoms with E-state index in [1.54, 1.807) is 12.1 Å². The van der Waals surface area contributed by atoms with Crippen molar-refractivity contribution in [2.75, 3.05) is 6.61 Å². The van der Waals surface area contributed by atoms with Crippen molar-refractivity contribution < 1.29 is 9.84 Å². The number of hydrogen-bond donors (Lipinski definition) is 2. The van der Waals surface area contributed by atoms with Crippen LogP contribution >= 0.6 is 0 Å². The molecule has 2 aromatic rings. The number of phenols is 1. The highest BCUT2D eigenvalue weighted by Crippen LogP contribution is 2.34. The van der Waals surface area contributed by atoms with Crippen molar-refractivity contribution in [1.29, 1.82) is 0 Å². The zero-order valence-electron chi connectivity index (χ0n) is 12.3. The van der Waals surface area contributed by atoms with Gasteiger partial charge in [0.15, 0.2) is 0 Å². The van der Waals surface area contributed by atoms with E-state index in [9.17, 15) is 5.11 Å². The van der Waals surface area contributed by atoms with Gasteiger partial charge in [-0.25, -0.2) is 0 Å². The van der Waals surface area contributed by atoms with Gasteiger partial charge >= 0.3 is 0 Å². The quantitative estimate of drug-likeness (QED) is 0.902. The SMILES string of the molecule is Cc1cccc2c1OCCCC2NCc1ccc(O)cc1. The molecule has 3 heteroatoms. The zero-order valence-corrected chi connectivity index (χ0v) is 12.3. The van der Waals surface area contributed by atoms with Crippen LogP contribution in [0.15, 0.2) is 42.5 Å². The van der Waals surface area contributed by atoms with Crippen LogP contribution in [0.2, 0.25) is 0 Å². The fraction of sp³-hybridized carbons (Fsp3) is 0.333. The molecule has 0 amide bonds. The van der Waals surface area contributed by atoms with Crippen molar-refractivity contribution in [3.63, 3.8) is 0 Å². The van der Waals surface area contributed by atoms with Gasteiger partial charge in [-0.3, -0.25) is 0 Å². The van der Waals surface area contributed by atoms with E-state index in [-0.39, 0.29) is 0 Å². The van der Waals surface area contributed by atoms with Gasteiger partial charge in [0.05, 0.1) is 6.61 Å². The minimum absolute atomic E-state index is 0.308. The summed E-state index contributed by atoms with van der Waals surface area (Å²) in [5.74, 6) is 1.35. The molecule has 2 aromatic carbocycles. The maximum atomic E-state index is 9.33. The minimum Gasteiger partial charge on any atom is -0.508 e. The van der Waals surface area contributed by atoms with Crippen molar-refractivity contribution in [2.24, 2.45) is 0 Å². The smallest absolute Gasteiger partial charge is 0.126 e. The highest BCUT2D eigenvalue weighted by atomic mass is 16.5. The molecule has 0 aliphatic carbocycles. The Bertz CT molecular complexity index is 607. The molecule has 1 aliphatic heterocycles. The van der Waals surface area contributed by atoms with Crippen molar-refractivity contribution in [2.45, 2.75) is 32.4 Å². The Hall–Kier alpha value is -2.00. The Morgan fingerprint density at radius 3 is 2.81 bits per heavy atom. The van der Waals surface area contributed by atoms with Gasteiger partial charge in [-0.15, -0.1) is 0 Å². The monoisotopic (exact) mass is 283 g/mol. The van der Waals surface area contributed by atoms with Crippen LogP contribution in [-0.4, -0.2) is 11.7 Å². The van der Waals surface area contributed by atoms with Gasteiger partial charge < -0.3 is 15.2 Å². The van der Waals surface area contributed by atoms with Crippen LogP contribution in [0.3, 0.4) is 0 Å². The summed E-state index contributed by atoms with van der Waals surface area (Å²) in [6.45, 7) is 3.68. The molecule has 0 fully saturated rings. The molecule has 0 aromatic heterocycles. The number of nitrogens with one attached hydrogen (secondary N) is 1. The number of hydrogen-bond acceptors (Lipinski definition) is 3. The van der Waals surface area contributed by atoms with E-state index in [0.29, 0.717) is 11.8 Å². The first kappa shape index (κ1) is 14.0. The molecule has 2 N–H and O–H groups in total. The second-order valence-corrected chi connectivity index (χ2v) is 5.58. The van der Waals surface area contributed by atoms with Crippen molar-refractivity contribution in [3.05, 3.63) is 59.2 Å². The molecule has 1 unspecified atom stereocenters. The topological polar surface area (TPSA) is 41.5 Å². The number of fused-ring (bicyclic) bond motifs is 1. The lowest BCUT2D eigenvalue weighted by atomic mass is 9.99. The predicted molar refractivity (Wildman–Crippen MR) is 83.6 cm³/mol. The fourth-order valence-corrected chi connectivity index (χ4v) is 2.83. The second-order valence-electron chi connectivity index (χ2n) is 5.58. The molecule has 0 saturated carbocycles. The van der Waals surface area contributed by atoms with Crippen LogP contribution in [0.1, 0.15) is 35.6 Å². The molecule has 0 saturated heterocycles. The van der Waals surface area contributed by atoms with Crippen molar-refractivity contribution in [1.82, 2.24) is 5.32 Å². The number of rotatable bonds is 3. The van der Waals surface area contributed by atoms with Crippen LogP contribution in [-0.2, 0) is 6.54 Å². The molecule has 1 atom stereocenters. The number of aromatic hydroxyl groups is 1. The third kappa shape index (κ3) is 3.19. The number of para-hydroxylation sites is 1. The van der Waals surface area contributed by atoms with E-state index >= 15 is 0 Å². The van der Waals surface area contributed by atoms with Gasteiger partial charge in [0.1, 0.15) is 11.5 Å². The predicted octanol–water partition coefficient (Wildman–Crippen LogP) is 3.70. The standard InChI is InChI=1S/C18H21NO2/c1-13-4-2-5-16-17(6-3-11-21-18(13)16)19-12-14-7-9-15(20)10-8-14/h2,4-5,7-10,17,19-20H,3,6,11-12H2,1H3. The van der Waals surface area contributed by atoms with E-state index in [1.807, 2.05) is 12.1 Å². The lowest BCUT2D eigenvalue weighted by Crippen LogP contribution is -2.20. The van der Waals surface area contributed by atoms with Crippen LogP contribution in [0, 0.1) is 6.92 Å². The summed E-state index contributed by atoms with van der Waals surface area (Å²) in [6, 6.07) is 14.0. The molecule has 0 spiro atoms. The van der Waals surface area contributed by atoms with Crippen LogP contribution in [0.25, 0.3) is 0 Å². The van der Waals surface area contributed by atoms with E-state index in [4.69, 9.17) is 4.74 Å². The number of aryl methyl sites for hydroxylation is 1. The normalized spacial score (nSPS) is 17.7. The molecule has 1 heterocycles. The Kier molecular flexibility index (Phi) is 4.11. The average molecular weight is 283 g/mol. The van der Waals surface area contributed by atoms with Gasteiger partial charge in [0.25, 0.3) is 0 Å². The van der Waals surface area contributed by atoms with Crippen molar-refractivity contribution in [3.8, 4) is 11.5 Å². The maximum Gasteiger partial charge on any atom is 0.126 e. The third-order valence-corrected chi connectivity index (χ3v) is 3.99. The average Bonchev–Trinajstić information content (AvgIpc) is 2.70. The van der Waals surface area contributed by atoms with Crippen LogP contribution in [0.4, 0.5) is 0 Å². The number of ether oxygens (including phenoxy) is 1. The molecular formula is C18H21NO2. The first-order chi connectivity index (χ1) is 10.2. The molecule has 0 bridgehead atoms. The Morgan fingerprint density at radius 2 is 2.00 bits per heavy atom. The fourth-order valence-electron chi connectivity index (χ4n) is 2.83. The van der Waals surface area contributed by atoms with E-state index in [0.717, 1.165) is 31.7 Å². The third-order valence-electron chi connectivity index (χ3n) is 3.99. The minimum atomic E-state index is 0.308.